The average molecular weight is 385 g/mol. The van der Waals surface area contributed by atoms with Crippen LogP contribution in [0.4, 0.5) is 0 Å². The van der Waals surface area contributed by atoms with Gasteiger partial charge in [0.25, 0.3) is 0 Å². The number of methoxy groups -OCH3 is 2. The van der Waals surface area contributed by atoms with Gasteiger partial charge in [0.1, 0.15) is 6.07 Å². The van der Waals surface area contributed by atoms with Crippen LogP contribution in [0.2, 0.25) is 0 Å². The van der Waals surface area contributed by atoms with Crippen LogP contribution in [-0.2, 0) is 23.7 Å². The summed E-state index contributed by atoms with van der Waals surface area (Å²) in [6, 6.07) is 4.36. The van der Waals surface area contributed by atoms with Crippen LogP contribution in [0.25, 0.3) is 0 Å². The van der Waals surface area contributed by atoms with Crippen LogP contribution in [0.5, 0.6) is 11.5 Å². The van der Waals surface area contributed by atoms with Gasteiger partial charge in [0.15, 0.2) is 31.2 Å². The van der Waals surface area contributed by atoms with E-state index in [9.17, 15) is 15.2 Å². The lowest BCUT2D eigenvalue weighted by Gasteiger charge is -2.17. The molecule has 150 valence electrons. The van der Waals surface area contributed by atoms with Crippen LogP contribution in [0, 0.1) is 11.3 Å². The highest BCUT2D eigenvalue weighted by molar-refractivity contribution is 5.75. The van der Waals surface area contributed by atoms with E-state index in [4.69, 9.17) is 33.5 Å². The molecule has 0 aliphatic heterocycles. The number of carboxylic acid groups (broad SMARTS) is 1. The predicted molar refractivity (Wildman–Crippen MR) is 90.4 cm³/mol. The van der Waals surface area contributed by atoms with Gasteiger partial charge in [-0.1, -0.05) is 0 Å². The Morgan fingerprint density at radius 3 is 2.19 bits per heavy atom. The minimum Gasteiger partial charge on any atom is -0.479 e. The van der Waals surface area contributed by atoms with Gasteiger partial charge in [-0.25, -0.2) is 4.79 Å². The molecule has 0 aliphatic rings. The summed E-state index contributed by atoms with van der Waals surface area (Å²) < 4.78 is 31.0. The van der Waals surface area contributed by atoms with Crippen molar-refractivity contribution in [3.05, 3.63) is 23.3 Å². The Morgan fingerprint density at radius 2 is 1.67 bits per heavy atom. The van der Waals surface area contributed by atoms with Crippen molar-refractivity contribution in [2.45, 2.75) is 6.10 Å². The monoisotopic (exact) mass is 385 g/mol. The molecule has 1 aromatic rings. The van der Waals surface area contributed by atoms with Gasteiger partial charge in [0.05, 0.1) is 32.0 Å². The summed E-state index contributed by atoms with van der Waals surface area (Å²) in [4.78, 5) is 11.0. The molecule has 10 nitrogen and oxygen atoms in total. The van der Waals surface area contributed by atoms with Crippen LogP contribution in [0.3, 0.4) is 0 Å². The Labute approximate surface area is 156 Å². The molecule has 0 amide bonds. The van der Waals surface area contributed by atoms with Crippen molar-refractivity contribution in [1.82, 2.24) is 0 Å². The largest absolute Gasteiger partial charge is 0.479 e. The van der Waals surface area contributed by atoms with Crippen LogP contribution >= 0.6 is 0 Å². The molecule has 0 aromatic heterocycles. The second-order valence-electron chi connectivity index (χ2n) is 5.07. The molecule has 2 N–H and O–H groups in total. The van der Waals surface area contributed by atoms with Crippen molar-refractivity contribution in [3.8, 4) is 17.6 Å². The molecule has 27 heavy (non-hydrogen) atoms. The molecule has 1 unspecified atom stereocenters. The van der Waals surface area contributed by atoms with Crippen molar-refractivity contribution >= 4 is 5.97 Å². The van der Waals surface area contributed by atoms with E-state index in [2.05, 4.69) is 0 Å². The van der Waals surface area contributed by atoms with Gasteiger partial charge < -0.3 is 38.6 Å². The molecule has 1 aromatic carbocycles. The first-order valence-corrected chi connectivity index (χ1v) is 7.93. The summed E-state index contributed by atoms with van der Waals surface area (Å²) in [6.45, 7) is 0.914. The maximum absolute atomic E-state index is 11.0. The predicted octanol–water partition coefficient (Wildman–Crippen LogP) is 0.675. The number of nitrogens with zero attached hydrogens (tertiary/aromatic N) is 1. The first kappa shape index (κ1) is 22.6. The summed E-state index contributed by atoms with van der Waals surface area (Å²) in [5.41, 5.74) is -0.0476. The zero-order chi connectivity index (χ0) is 20.1. The fraction of sp³-hybridized carbons (Fsp3) is 0.529. The number of aliphatic hydroxyl groups is 1. The Balaban J connectivity index is 2.97. The van der Waals surface area contributed by atoms with Crippen LogP contribution < -0.4 is 9.47 Å². The SMILES string of the molecule is COCCOCOc1cc(C(O)C(=O)O)cc(C#N)c1OCOCCOC. The molecule has 0 saturated heterocycles. The fourth-order valence-electron chi connectivity index (χ4n) is 1.87. The van der Waals surface area contributed by atoms with E-state index >= 15 is 0 Å². The molecule has 1 rings (SSSR count). The molecule has 0 bridgehead atoms. The van der Waals surface area contributed by atoms with Gasteiger partial charge in [-0.3, -0.25) is 0 Å². The highest BCUT2D eigenvalue weighted by Gasteiger charge is 2.22. The van der Waals surface area contributed by atoms with Crippen molar-refractivity contribution in [1.29, 1.82) is 5.26 Å². The highest BCUT2D eigenvalue weighted by atomic mass is 16.7. The molecule has 0 aliphatic carbocycles. The number of carboxylic acids is 1. The number of carbonyl (C=O) groups is 1. The third-order valence-electron chi connectivity index (χ3n) is 3.20. The van der Waals surface area contributed by atoms with Gasteiger partial charge in [-0.05, 0) is 17.7 Å². The average Bonchev–Trinajstić information content (AvgIpc) is 2.67. The van der Waals surface area contributed by atoms with E-state index in [1.165, 1.54) is 26.4 Å². The van der Waals surface area contributed by atoms with E-state index in [0.29, 0.717) is 13.2 Å². The second-order valence-corrected chi connectivity index (χ2v) is 5.07. The van der Waals surface area contributed by atoms with Gasteiger partial charge in [0, 0.05) is 14.2 Å². The fourth-order valence-corrected chi connectivity index (χ4v) is 1.87. The standard InChI is InChI=1S/C17H23NO9/c1-22-3-5-24-10-26-14-8-12(15(19)17(20)21)7-13(9-18)16(14)27-11-25-6-4-23-2/h7-8,15,19H,3-6,10-11H2,1-2H3,(H,20,21). The molecule has 0 fully saturated rings. The lowest BCUT2D eigenvalue weighted by Crippen LogP contribution is -2.14. The number of nitriles is 1. The molecule has 1 atom stereocenters. The van der Waals surface area contributed by atoms with Crippen molar-refractivity contribution in [2.24, 2.45) is 0 Å². The number of rotatable bonds is 14. The van der Waals surface area contributed by atoms with Crippen LogP contribution in [0.1, 0.15) is 17.2 Å². The Hall–Kier alpha value is -2.42. The third kappa shape index (κ3) is 7.78. The van der Waals surface area contributed by atoms with Crippen molar-refractivity contribution in [2.75, 3.05) is 54.2 Å². The summed E-state index contributed by atoms with van der Waals surface area (Å²) in [7, 11) is 3.05. The Morgan fingerprint density at radius 1 is 1.07 bits per heavy atom. The number of aliphatic carboxylic acids is 1. The molecule has 0 spiro atoms. The first-order valence-electron chi connectivity index (χ1n) is 7.93. The maximum atomic E-state index is 11.0. The first-order chi connectivity index (χ1) is 13.0. The molecular formula is C17H23NO9. The van der Waals surface area contributed by atoms with Crippen LogP contribution in [-0.4, -0.2) is 70.4 Å². The molecular weight excluding hydrogens is 362 g/mol. The zero-order valence-corrected chi connectivity index (χ0v) is 15.2. The van der Waals surface area contributed by atoms with Gasteiger partial charge in [-0.2, -0.15) is 5.26 Å². The summed E-state index contributed by atoms with van der Waals surface area (Å²) >= 11 is 0. The highest BCUT2D eigenvalue weighted by Crippen LogP contribution is 2.35. The normalized spacial score (nSPS) is 11.6. The minimum absolute atomic E-state index is 0.0185. The van der Waals surface area contributed by atoms with E-state index in [1.54, 1.807) is 0 Å². The number of aliphatic hydroxyl groups excluding tert-OH is 1. The van der Waals surface area contributed by atoms with Crippen LogP contribution in [0.15, 0.2) is 12.1 Å². The van der Waals surface area contributed by atoms with E-state index in [-0.39, 0.29) is 49.4 Å². The number of hydrogen-bond donors (Lipinski definition) is 2. The maximum Gasteiger partial charge on any atom is 0.337 e. The minimum atomic E-state index is -1.82. The molecule has 0 radical (unpaired) electrons. The lowest BCUT2D eigenvalue weighted by molar-refractivity contribution is -0.146. The smallest absolute Gasteiger partial charge is 0.337 e. The summed E-state index contributed by atoms with van der Waals surface area (Å²) in [5.74, 6) is -1.37. The molecule has 10 heteroatoms. The number of benzene rings is 1. The molecule has 0 saturated carbocycles. The number of ether oxygens (including phenoxy) is 6. The van der Waals surface area contributed by atoms with E-state index in [1.807, 2.05) is 6.07 Å². The lowest BCUT2D eigenvalue weighted by atomic mass is 10.0. The Kier molecular flexibility index (Phi) is 10.8. The zero-order valence-electron chi connectivity index (χ0n) is 15.2. The van der Waals surface area contributed by atoms with Gasteiger partial charge in [-0.15, -0.1) is 0 Å². The quantitative estimate of drug-likeness (QED) is 0.347. The Bertz CT molecular complexity index is 630. The topological polar surface area (TPSA) is 137 Å². The molecule has 0 heterocycles. The summed E-state index contributed by atoms with van der Waals surface area (Å²) in [6.07, 6.45) is -1.82. The van der Waals surface area contributed by atoms with Crippen molar-refractivity contribution < 1.29 is 43.4 Å². The summed E-state index contributed by atoms with van der Waals surface area (Å²) in [5, 5.41) is 28.1. The van der Waals surface area contributed by atoms with Gasteiger partial charge >= 0.3 is 5.97 Å². The second kappa shape index (κ2) is 12.9. The van der Waals surface area contributed by atoms with Crippen molar-refractivity contribution in [3.63, 3.8) is 0 Å². The number of hydrogen-bond acceptors (Lipinski definition) is 9. The van der Waals surface area contributed by atoms with E-state index < -0.39 is 12.1 Å². The third-order valence-corrected chi connectivity index (χ3v) is 3.20. The van der Waals surface area contributed by atoms with Gasteiger partial charge in [0.2, 0.25) is 0 Å². The van der Waals surface area contributed by atoms with E-state index in [0.717, 1.165) is 0 Å².